The van der Waals surface area contributed by atoms with Crippen LogP contribution < -0.4 is 4.74 Å². The third-order valence-electron chi connectivity index (χ3n) is 5.31. The minimum absolute atomic E-state index is 0.0785. The van der Waals surface area contributed by atoms with Gasteiger partial charge < -0.3 is 9.64 Å². The van der Waals surface area contributed by atoms with E-state index in [-0.39, 0.29) is 5.91 Å². The van der Waals surface area contributed by atoms with Gasteiger partial charge >= 0.3 is 0 Å². The van der Waals surface area contributed by atoms with Crippen LogP contribution in [0.25, 0.3) is 11.3 Å². The molecule has 1 fully saturated rings. The van der Waals surface area contributed by atoms with Crippen LogP contribution in [0.2, 0.25) is 0 Å². The van der Waals surface area contributed by atoms with Crippen molar-refractivity contribution >= 4 is 5.91 Å². The summed E-state index contributed by atoms with van der Waals surface area (Å²) in [7, 11) is 1.56. The Bertz CT molecular complexity index is 934. The lowest BCUT2D eigenvalue weighted by Crippen LogP contribution is -2.37. The molecular formula is C23H23N3O2. The van der Waals surface area contributed by atoms with Gasteiger partial charge in [-0.3, -0.25) is 4.79 Å². The van der Waals surface area contributed by atoms with Crippen LogP contribution in [0, 0.1) is 0 Å². The number of carbonyl (C=O) groups is 1. The first kappa shape index (κ1) is 18.2. The summed E-state index contributed by atoms with van der Waals surface area (Å²) in [4.78, 5) is 15.0. The highest BCUT2D eigenvalue weighted by Crippen LogP contribution is 2.29. The molecule has 4 rings (SSSR count). The second kappa shape index (κ2) is 8.21. The molecule has 0 unspecified atom stereocenters. The maximum atomic E-state index is 13.0. The molecule has 28 heavy (non-hydrogen) atoms. The molecule has 1 aromatic heterocycles. The van der Waals surface area contributed by atoms with Gasteiger partial charge in [0.25, 0.3) is 5.91 Å². The molecule has 1 amide bonds. The smallest absolute Gasteiger partial charge is 0.253 e. The van der Waals surface area contributed by atoms with Crippen LogP contribution in [0.15, 0.2) is 66.7 Å². The molecule has 5 heteroatoms. The number of aromatic nitrogens is 2. The van der Waals surface area contributed by atoms with E-state index >= 15 is 0 Å². The third-order valence-corrected chi connectivity index (χ3v) is 5.31. The van der Waals surface area contributed by atoms with Crippen molar-refractivity contribution in [1.82, 2.24) is 15.1 Å². The SMILES string of the molecule is COc1ccc(-c2cccc(C(=O)N3CCC(c4ccccc4)CC3)c2)nn1. The summed E-state index contributed by atoms with van der Waals surface area (Å²) in [6.07, 6.45) is 2.00. The molecule has 2 aromatic carbocycles. The lowest BCUT2D eigenvalue weighted by molar-refractivity contribution is 0.0713. The molecule has 0 radical (unpaired) electrons. The summed E-state index contributed by atoms with van der Waals surface area (Å²) in [6.45, 7) is 1.57. The van der Waals surface area contributed by atoms with E-state index in [1.165, 1.54) is 5.56 Å². The van der Waals surface area contributed by atoms with Gasteiger partial charge in [-0.15, -0.1) is 10.2 Å². The topological polar surface area (TPSA) is 55.3 Å². The Hall–Kier alpha value is -3.21. The fourth-order valence-corrected chi connectivity index (χ4v) is 3.72. The zero-order chi connectivity index (χ0) is 19.3. The van der Waals surface area contributed by atoms with E-state index in [0.29, 0.717) is 17.4 Å². The Kier molecular flexibility index (Phi) is 5.33. The van der Waals surface area contributed by atoms with Crippen LogP contribution in [0.4, 0.5) is 0 Å². The molecular weight excluding hydrogens is 350 g/mol. The van der Waals surface area contributed by atoms with Crippen LogP contribution in [0.5, 0.6) is 5.88 Å². The van der Waals surface area contributed by atoms with Crippen molar-refractivity contribution in [2.75, 3.05) is 20.2 Å². The Balaban J connectivity index is 1.45. The first-order chi connectivity index (χ1) is 13.7. The average molecular weight is 373 g/mol. The quantitative estimate of drug-likeness (QED) is 0.689. The van der Waals surface area contributed by atoms with Gasteiger partial charge in [0.15, 0.2) is 0 Å². The molecule has 0 spiro atoms. The van der Waals surface area contributed by atoms with Crippen molar-refractivity contribution in [2.24, 2.45) is 0 Å². The summed E-state index contributed by atoms with van der Waals surface area (Å²) < 4.78 is 5.05. The molecule has 0 N–H and O–H groups in total. The fraction of sp³-hybridized carbons (Fsp3) is 0.261. The second-order valence-corrected chi connectivity index (χ2v) is 7.02. The van der Waals surface area contributed by atoms with Gasteiger partial charge in [-0.2, -0.15) is 0 Å². The number of amides is 1. The molecule has 0 bridgehead atoms. The zero-order valence-corrected chi connectivity index (χ0v) is 15.9. The van der Waals surface area contributed by atoms with Gasteiger partial charge in [0.1, 0.15) is 0 Å². The van der Waals surface area contributed by atoms with E-state index in [4.69, 9.17) is 4.74 Å². The van der Waals surface area contributed by atoms with Crippen molar-refractivity contribution in [3.05, 3.63) is 77.9 Å². The number of nitrogens with zero attached hydrogens (tertiary/aromatic N) is 3. The summed E-state index contributed by atoms with van der Waals surface area (Å²) in [5.41, 5.74) is 3.65. The molecule has 2 heterocycles. The van der Waals surface area contributed by atoms with E-state index in [1.54, 1.807) is 13.2 Å². The summed E-state index contributed by atoms with van der Waals surface area (Å²) >= 11 is 0. The van der Waals surface area contributed by atoms with Gasteiger partial charge in [-0.05, 0) is 42.5 Å². The molecule has 0 saturated carbocycles. The number of hydrogen-bond acceptors (Lipinski definition) is 4. The van der Waals surface area contributed by atoms with E-state index in [9.17, 15) is 4.79 Å². The molecule has 1 saturated heterocycles. The fourth-order valence-electron chi connectivity index (χ4n) is 3.72. The van der Waals surface area contributed by atoms with Crippen molar-refractivity contribution in [1.29, 1.82) is 0 Å². The highest BCUT2D eigenvalue weighted by Gasteiger charge is 2.24. The lowest BCUT2D eigenvalue weighted by Gasteiger charge is -2.32. The van der Waals surface area contributed by atoms with Crippen molar-refractivity contribution in [2.45, 2.75) is 18.8 Å². The standard InChI is InChI=1S/C23H23N3O2/c1-28-22-11-10-21(24-25-22)19-8-5-9-20(16-19)23(27)26-14-12-18(13-15-26)17-6-3-2-4-7-17/h2-11,16,18H,12-15H2,1H3. The minimum Gasteiger partial charge on any atom is -0.480 e. The van der Waals surface area contributed by atoms with Gasteiger partial charge in [-0.1, -0.05) is 42.5 Å². The van der Waals surface area contributed by atoms with Crippen LogP contribution in [-0.4, -0.2) is 41.2 Å². The maximum absolute atomic E-state index is 13.0. The van der Waals surface area contributed by atoms with E-state index < -0.39 is 0 Å². The Morgan fingerprint density at radius 2 is 1.75 bits per heavy atom. The third kappa shape index (κ3) is 3.88. The normalized spacial score (nSPS) is 14.7. The monoisotopic (exact) mass is 373 g/mol. The number of ether oxygens (including phenoxy) is 1. The first-order valence-corrected chi connectivity index (χ1v) is 9.57. The van der Waals surface area contributed by atoms with Crippen molar-refractivity contribution < 1.29 is 9.53 Å². The largest absolute Gasteiger partial charge is 0.480 e. The average Bonchev–Trinajstić information content (AvgIpc) is 2.79. The summed E-state index contributed by atoms with van der Waals surface area (Å²) in [5, 5.41) is 8.18. The van der Waals surface area contributed by atoms with Crippen LogP contribution in [0.3, 0.4) is 0 Å². The van der Waals surface area contributed by atoms with Crippen molar-refractivity contribution in [3.8, 4) is 17.1 Å². The lowest BCUT2D eigenvalue weighted by atomic mass is 9.89. The van der Waals surface area contributed by atoms with Crippen LogP contribution in [-0.2, 0) is 0 Å². The Labute approximate surface area is 165 Å². The van der Waals surface area contributed by atoms with Crippen LogP contribution in [0.1, 0.15) is 34.7 Å². The number of carbonyl (C=O) groups excluding carboxylic acids is 1. The molecule has 1 aliphatic heterocycles. The van der Waals surface area contributed by atoms with Gasteiger partial charge in [-0.25, -0.2) is 0 Å². The predicted molar refractivity (Wildman–Crippen MR) is 108 cm³/mol. The Morgan fingerprint density at radius 1 is 0.964 bits per heavy atom. The first-order valence-electron chi connectivity index (χ1n) is 9.57. The van der Waals surface area contributed by atoms with E-state index in [0.717, 1.165) is 37.2 Å². The number of hydrogen-bond donors (Lipinski definition) is 0. The van der Waals surface area contributed by atoms with E-state index in [1.807, 2.05) is 41.3 Å². The van der Waals surface area contributed by atoms with Gasteiger partial charge in [0.05, 0.1) is 12.8 Å². The van der Waals surface area contributed by atoms with Gasteiger partial charge in [0.2, 0.25) is 5.88 Å². The maximum Gasteiger partial charge on any atom is 0.253 e. The summed E-state index contributed by atoms with van der Waals surface area (Å²) in [6, 6.07) is 21.8. The molecule has 3 aromatic rings. The number of methoxy groups -OCH3 is 1. The molecule has 0 aliphatic carbocycles. The van der Waals surface area contributed by atoms with Gasteiger partial charge in [0, 0.05) is 30.3 Å². The predicted octanol–water partition coefficient (Wildman–Crippen LogP) is 4.17. The number of likely N-dealkylation sites (tertiary alicyclic amines) is 1. The molecule has 0 atom stereocenters. The highest BCUT2D eigenvalue weighted by atomic mass is 16.5. The zero-order valence-electron chi connectivity index (χ0n) is 15.9. The molecule has 1 aliphatic rings. The Morgan fingerprint density at radius 3 is 2.43 bits per heavy atom. The second-order valence-electron chi connectivity index (χ2n) is 7.02. The summed E-state index contributed by atoms with van der Waals surface area (Å²) in [5.74, 6) is 1.08. The number of piperidine rings is 1. The van der Waals surface area contributed by atoms with E-state index in [2.05, 4.69) is 34.5 Å². The molecule has 5 nitrogen and oxygen atoms in total. The highest BCUT2D eigenvalue weighted by molar-refractivity contribution is 5.95. The number of benzene rings is 2. The molecule has 142 valence electrons. The number of rotatable bonds is 4. The van der Waals surface area contributed by atoms with Crippen LogP contribution >= 0.6 is 0 Å². The van der Waals surface area contributed by atoms with Crippen molar-refractivity contribution in [3.63, 3.8) is 0 Å². The minimum atomic E-state index is 0.0785.